The third kappa shape index (κ3) is 2.72. The Kier molecular flexibility index (Phi) is 3.57. The van der Waals surface area contributed by atoms with E-state index in [2.05, 4.69) is 43.1 Å². The molecular weight excluding hydrogens is 288 g/mol. The molecule has 4 rings (SSSR count). The summed E-state index contributed by atoms with van der Waals surface area (Å²) in [6.45, 7) is 1.95. The first-order valence-electron chi connectivity index (χ1n) is 8.01. The largest absolute Gasteiger partial charge is 0.350 e. The van der Waals surface area contributed by atoms with Crippen LogP contribution in [0, 0.1) is 0 Å². The molecule has 1 unspecified atom stereocenters. The fourth-order valence-electron chi connectivity index (χ4n) is 3.30. The summed E-state index contributed by atoms with van der Waals surface area (Å²) in [5, 5.41) is 8.27. The molecule has 1 aliphatic rings. The number of anilines is 2. The van der Waals surface area contributed by atoms with Crippen LogP contribution in [0.15, 0.2) is 42.6 Å². The van der Waals surface area contributed by atoms with E-state index in [1.807, 2.05) is 30.3 Å². The topological polar surface area (TPSA) is 60.9 Å². The highest BCUT2D eigenvalue weighted by Gasteiger charge is 2.27. The van der Waals surface area contributed by atoms with Crippen LogP contribution in [-0.4, -0.2) is 46.3 Å². The highest BCUT2D eigenvalue weighted by Crippen LogP contribution is 2.25. The van der Waals surface area contributed by atoms with Gasteiger partial charge in [0.1, 0.15) is 0 Å². The van der Waals surface area contributed by atoms with Gasteiger partial charge in [0, 0.05) is 32.4 Å². The van der Waals surface area contributed by atoms with Crippen molar-refractivity contribution in [2.24, 2.45) is 0 Å². The molecule has 6 nitrogen and oxygen atoms in total. The monoisotopic (exact) mass is 308 g/mol. The van der Waals surface area contributed by atoms with Gasteiger partial charge in [0.05, 0.1) is 11.0 Å². The van der Waals surface area contributed by atoms with Crippen molar-refractivity contribution in [3.05, 3.63) is 42.6 Å². The second-order valence-corrected chi connectivity index (χ2v) is 6.03. The highest BCUT2D eigenvalue weighted by molar-refractivity contribution is 5.77. The van der Waals surface area contributed by atoms with Gasteiger partial charge >= 0.3 is 0 Å². The van der Waals surface area contributed by atoms with Gasteiger partial charge in [-0.15, -0.1) is 5.10 Å². The lowest BCUT2D eigenvalue weighted by molar-refractivity contribution is 0.641. The molecule has 0 saturated carbocycles. The van der Waals surface area contributed by atoms with E-state index in [-0.39, 0.29) is 0 Å². The maximum atomic E-state index is 4.68. The van der Waals surface area contributed by atoms with Crippen molar-refractivity contribution < 1.29 is 0 Å². The first-order valence-corrected chi connectivity index (χ1v) is 8.01. The minimum absolute atomic E-state index is 0.435. The van der Waals surface area contributed by atoms with Crippen LogP contribution in [0.3, 0.4) is 0 Å². The molecule has 1 aliphatic heterocycles. The smallest absolute Gasteiger partial charge is 0.203 e. The number of likely N-dealkylation sites (N-methyl/N-ethyl adjacent to an activating group) is 1. The van der Waals surface area contributed by atoms with Crippen LogP contribution in [0.1, 0.15) is 12.8 Å². The molecule has 3 aromatic rings. The Balaban J connectivity index is 1.52. The molecule has 1 saturated heterocycles. The molecule has 0 aliphatic carbocycles. The third-order valence-corrected chi connectivity index (χ3v) is 4.45. The number of benzene rings is 1. The number of nitrogens with one attached hydrogen (secondary N) is 1. The first kappa shape index (κ1) is 14.0. The summed E-state index contributed by atoms with van der Waals surface area (Å²) in [6, 6.07) is 12.5. The highest BCUT2D eigenvalue weighted by atomic mass is 15.3. The van der Waals surface area contributed by atoms with Gasteiger partial charge in [0.15, 0.2) is 5.82 Å². The van der Waals surface area contributed by atoms with Crippen LogP contribution >= 0.6 is 0 Å². The maximum Gasteiger partial charge on any atom is 0.203 e. The Bertz CT molecular complexity index is 751. The van der Waals surface area contributed by atoms with E-state index in [4.69, 9.17) is 0 Å². The van der Waals surface area contributed by atoms with Gasteiger partial charge < -0.3 is 14.8 Å². The van der Waals surface area contributed by atoms with Crippen molar-refractivity contribution in [3.63, 3.8) is 0 Å². The van der Waals surface area contributed by atoms with E-state index >= 15 is 0 Å². The van der Waals surface area contributed by atoms with Crippen LogP contribution in [0.4, 0.5) is 11.8 Å². The Morgan fingerprint density at radius 1 is 1.26 bits per heavy atom. The zero-order valence-corrected chi connectivity index (χ0v) is 13.2. The molecule has 1 fully saturated rings. The number of fused-ring (bicyclic) bond motifs is 1. The Morgan fingerprint density at radius 2 is 2.17 bits per heavy atom. The van der Waals surface area contributed by atoms with E-state index in [0.717, 1.165) is 35.9 Å². The standard InChI is InChI=1S/C17H20N6/c1-22(17-19-14-7-2-3-8-15(14)20-17)12-13-6-5-11-23(13)16-9-4-10-18-21-16/h2-4,7-10,13H,5-6,11-12H2,1H3,(H,19,20). The van der Waals surface area contributed by atoms with E-state index in [1.54, 1.807) is 6.20 Å². The summed E-state index contributed by atoms with van der Waals surface area (Å²) in [7, 11) is 2.09. The number of rotatable bonds is 4. The van der Waals surface area contributed by atoms with Crippen molar-refractivity contribution in [1.82, 2.24) is 20.2 Å². The molecule has 3 heterocycles. The van der Waals surface area contributed by atoms with E-state index in [0.29, 0.717) is 6.04 Å². The molecule has 1 aromatic carbocycles. The van der Waals surface area contributed by atoms with Crippen LogP contribution in [-0.2, 0) is 0 Å². The molecule has 118 valence electrons. The van der Waals surface area contributed by atoms with Crippen molar-refractivity contribution in [2.75, 3.05) is 29.9 Å². The molecular formula is C17H20N6. The summed E-state index contributed by atoms with van der Waals surface area (Å²) >= 11 is 0. The van der Waals surface area contributed by atoms with Crippen LogP contribution in [0.2, 0.25) is 0 Å². The molecule has 6 heteroatoms. The zero-order chi connectivity index (χ0) is 15.6. The second kappa shape index (κ2) is 5.87. The number of hydrogen-bond acceptors (Lipinski definition) is 5. The summed E-state index contributed by atoms with van der Waals surface area (Å²) in [5.41, 5.74) is 2.08. The minimum atomic E-state index is 0.435. The van der Waals surface area contributed by atoms with Gasteiger partial charge in [-0.2, -0.15) is 5.10 Å². The predicted molar refractivity (Wildman–Crippen MR) is 91.8 cm³/mol. The number of imidazole rings is 1. The van der Waals surface area contributed by atoms with E-state index < -0.39 is 0 Å². The molecule has 0 bridgehead atoms. The quantitative estimate of drug-likeness (QED) is 0.802. The lowest BCUT2D eigenvalue weighted by atomic mass is 10.2. The first-order chi connectivity index (χ1) is 11.3. The maximum absolute atomic E-state index is 4.68. The summed E-state index contributed by atoms with van der Waals surface area (Å²) < 4.78 is 0. The second-order valence-electron chi connectivity index (χ2n) is 6.03. The number of para-hydroxylation sites is 2. The van der Waals surface area contributed by atoms with Gasteiger partial charge in [-0.05, 0) is 37.1 Å². The number of aromatic amines is 1. The van der Waals surface area contributed by atoms with Crippen molar-refractivity contribution in [2.45, 2.75) is 18.9 Å². The Morgan fingerprint density at radius 3 is 3.00 bits per heavy atom. The van der Waals surface area contributed by atoms with Gasteiger partial charge in [0.2, 0.25) is 5.95 Å². The predicted octanol–water partition coefficient (Wildman–Crippen LogP) is 2.46. The SMILES string of the molecule is CN(CC1CCCN1c1cccnn1)c1nc2ccccc2[nH]1. The zero-order valence-electron chi connectivity index (χ0n) is 13.2. The van der Waals surface area contributed by atoms with Crippen LogP contribution in [0.25, 0.3) is 11.0 Å². The fraction of sp³-hybridized carbons (Fsp3) is 0.353. The average Bonchev–Trinajstić information content (AvgIpc) is 3.22. The molecule has 23 heavy (non-hydrogen) atoms. The van der Waals surface area contributed by atoms with Crippen LogP contribution < -0.4 is 9.80 Å². The molecule has 0 radical (unpaired) electrons. The lowest BCUT2D eigenvalue weighted by Gasteiger charge is -2.29. The van der Waals surface area contributed by atoms with Crippen LogP contribution in [0.5, 0.6) is 0 Å². The van der Waals surface area contributed by atoms with E-state index in [9.17, 15) is 0 Å². The lowest BCUT2D eigenvalue weighted by Crippen LogP contribution is -2.39. The molecule has 1 atom stereocenters. The minimum Gasteiger partial charge on any atom is -0.350 e. The Hall–Kier alpha value is -2.63. The van der Waals surface area contributed by atoms with Gasteiger partial charge in [-0.3, -0.25) is 0 Å². The Labute approximate surface area is 135 Å². The van der Waals surface area contributed by atoms with Crippen molar-refractivity contribution in [1.29, 1.82) is 0 Å². The summed E-state index contributed by atoms with van der Waals surface area (Å²) in [6.07, 6.45) is 4.07. The normalized spacial score (nSPS) is 17.8. The van der Waals surface area contributed by atoms with Gasteiger partial charge in [-0.1, -0.05) is 12.1 Å². The van der Waals surface area contributed by atoms with Crippen molar-refractivity contribution >= 4 is 22.8 Å². The summed E-state index contributed by atoms with van der Waals surface area (Å²) in [5.74, 6) is 1.88. The number of aromatic nitrogens is 4. The third-order valence-electron chi connectivity index (χ3n) is 4.45. The number of nitrogens with zero attached hydrogens (tertiary/aromatic N) is 5. The molecule has 2 aromatic heterocycles. The summed E-state index contributed by atoms with van der Waals surface area (Å²) in [4.78, 5) is 12.6. The molecule has 1 N–H and O–H groups in total. The van der Waals surface area contributed by atoms with E-state index in [1.165, 1.54) is 12.8 Å². The molecule has 0 amide bonds. The fourth-order valence-corrected chi connectivity index (χ4v) is 3.30. The average molecular weight is 308 g/mol. The van der Waals surface area contributed by atoms with Gasteiger partial charge in [-0.25, -0.2) is 4.98 Å². The number of hydrogen-bond donors (Lipinski definition) is 1. The van der Waals surface area contributed by atoms with Crippen molar-refractivity contribution in [3.8, 4) is 0 Å². The number of H-pyrrole nitrogens is 1. The molecule has 0 spiro atoms. The van der Waals surface area contributed by atoms with Gasteiger partial charge in [0.25, 0.3) is 0 Å².